The molecule has 1 aromatic rings. The molecule has 2 aliphatic rings. The number of likely N-dealkylation sites (tertiary alicyclic amines) is 1. The number of halogens is 1. The van der Waals surface area contributed by atoms with Gasteiger partial charge in [0.2, 0.25) is 5.91 Å². The van der Waals surface area contributed by atoms with Crippen molar-refractivity contribution in [3.8, 4) is 0 Å². The molecular weight excluding hydrogens is 296 g/mol. The highest BCUT2D eigenvalue weighted by Gasteiger charge is 2.42. The fourth-order valence-corrected chi connectivity index (χ4v) is 4.25. The highest BCUT2D eigenvalue weighted by Crippen LogP contribution is 2.40. The SMILES string of the molecule is CC1CC2CCCCC2N1C(=O)CC(N)c1ccccc1.Cl. The quantitative estimate of drug-likeness (QED) is 0.922. The first-order valence-electron chi connectivity index (χ1n) is 8.28. The maximum atomic E-state index is 12.7. The van der Waals surface area contributed by atoms with Crippen molar-refractivity contribution in [3.05, 3.63) is 35.9 Å². The number of nitrogens with zero attached hydrogens (tertiary/aromatic N) is 1. The highest BCUT2D eigenvalue weighted by molar-refractivity contribution is 5.85. The van der Waals surface area contributed by atoms with Crippen molar-refractivity contribution in [1.82, 2.24) is 4.90 Å². The van der Waals surface area contributed by atoms with Crippen LogP contribution >= 0.6 is 12.4 Å². The van der Waals surface area contributed by atoms with E-state index in [1.54, 1.807) is 0 Å². The predicted molar refractivity (Wildman–Crippen MR) is 91.9 cm³/mol. The summed E-state index contributed by atoms with van der Waals surface area (Å²) in [5.74, 6) is 0.971. The maximum absolute atomic E-state index is 12.7. The van der Waals surface area contributed by atoms with Crippen LogP contribution in [0, 0.1) is 5.92 Å². The third-order valence-corrected chi connectivity index (χ3v) is 5.26. The molecule has 4 unspecified atom stereocenters. The van der Waals surface area contributed by atoms with Gasteiger partial charge in [-0.2, -0.15) is 0 Å². The molecule has 1 aliphatic carbocycles. The van der Waals surface area contributed by atoms with Crippen molar-refractivity contribution in [3.63, 3.8) is 0 Å². The van der Waals surface area contributed by atoms with E-state index in [4.69, 9.17) is 5.73 Å². The maximum Gasteiger partial charge on any atom is 0.224 e. The van der Waals surface area contributed by atoms with Crippen LogP contribution < -0.4 is 5.73 Å². The Morgan fingerprint density at radius 1 is 1.27 bits per heavy atom. The van der Waals surface area contributed by atoms with Crippen molar-refractivity contribution in [2.24, 2.45) is 11.7 Å². The molecule has 3 nitrogen and oxygen atoms in total. The molecule has 122 valence electrons. The fraction of sp³-hybridized carbons (Fsp3) is 0.611. The van der Waals surface area contributed by atoms with E-state index in [1.165, 1.54) is 32.1 Å². The van der Waals surface area contributed by atoms with E-state index < -0.39 is 0 Å². The van der Waals surface area contributed by atoms with Crippen molar-refractivity contribution in [2.75, 3.05) is 0 Å². The molecule has 3 rings (SSSR count). The van der Waals surface area contributed by atoms with Gasteiger partial charge in [0.05, 0.1) is 0 Å². The number of carbonyl (C=O) groups excluding carboxylic acids is 1. The van der Waals surface area contributed by atoms with Crippen LogP contribution in [0.5, 0.6) is 0 Å². The first-order valence-corrected chi connectivity index (χ1v) is 8.28. The highest BCUT2D eigenvalue weighted by atomic mass is 35.5. The van der Waals surface area contributed by atoms with E-state index in [9.17, 15) is 4.79 Å². The van der Waals surface area contributed by atoms with E-state index in [0.717, 1.165) is 11.5 Å². The Morgan fingerprint density at radius 2 is 1.95 bits per heavy atom. The molecule has 0 aromatic heterocycles. The van der Waals surface area contributed by atoms with Gasteiger partial charge in [-0.3, -0.25) is 4.79 Å². The zero-order valence-corrected chi connectivity index (χ0v) is 14.1. The second-order valence-electron chi connectivity index (χ2n) is 6.72. The topological polar surface area (TPSA) is 46.3 Å². The molecule has 4 atom stereocenters. The van der Waals surface area contributed by atoms with Gasteiger partial charge in [0.25, 0.3) is 0 Å². The van der Waals surface area contributed by atoms with Crippen molar-refractivity contribution < 1.29 is 4.79 Å². The Balaban J connectivity index is 0.00000176. The molecule has 0 bridgehead atoms. The minimum atomic E-state index is -0.187. The molecule has 1 amide bonds. The summed E-state index contributed by atoms with van der Waals surface area (Å²) in [5.41, 5.74) is 7.28. The summed E-state index contributed by atoms with van der Waals surface area (Å²) in [6.45, 7) is 2.20. The number of hydrogen-bond acceptors (Lipinski definition) is 2. The summed E-state index contributed by atoms with van der Waals surface area (Å²) in [5, 5.41) is 0. The minimum absolute atomic E-state index is 0. The zero-order valence-electron chi connectivity index (χ0n) is 13.3. The lowest BCUT2D eigenvalue weighted by Gasteiger charge is -2.34. The van der Waals surface area contributed by atoms with Gasteiger partial charge in [0.1, 0.15) is 0 Å². The van der Waals surface area contributed by atoms with Crippen LogP contribution in [0.25, 0.3) is 0 Å². The number of carbonyl (C=O) groups is 1. The number of hydrogen-bond donors (Lipinski definition) is 1. The summed E-state index contributed by atoms with van der Waals surface area (Å²) < 4.78 is 0. The molecule has 1 saturated heterocycles. The first-order chi connectivity index (χ1) is 10.2. The average molecular weight is 323 g/mol. The van der Waals surface area contributed by atoms with Gasteiger partial charge < -0.3 is 10.6 Å². The second kappa shape index (κ2) is 7.47. The number of fused-ring (bicyclic) bond motifs is 1. The molecule has 0 spiro atoms. The molecule has 1 saturated carbocycles. The van der Waals surface area contributed by atoms with Gasteiger partial charge >= 0.3 is 0 Å². The lowest BCUT2D eigenvalue weighted by Crippen LogP contribution is -2.43. The summed E-state index contributed by atoms with van der Waals surface area (Å²) in [7, 11) is 0. The van der Waals surface area contributed by atoms with Gasteiger partial charge in [-0.25, -0.2) is 0 Å². The molecule has 2 N–H and O–H groups in total. The van der Waals surface area contributed by atoms with Crippen LogP contribution in [-0.2, 0) is 4.79 Å². The van der Waals surface area contributed by atoms with E-state index in [1.807, 2.05) is 30.3 Å². The molecule has 0 radical (unpaired) electrons. The van der Waals surface area contributed by atoms with Gasteiger partial charge in [0, 0.05) is 24.5 Å². The van der Waals surface area contributed by atoms with E-state index >= 15 is 0 Å². The molecule has 22 heavy (non-hydrogen) atoms. The van der Waals surface area contributed by atoms with Crippen molar-refractivity contribution in [1.29, 1.82) is 0 Å². The molecule has 4 heteroatoms. The molecular formula is C18H27ClN2O. The van der Waals surface area contributed by atoms with E-state index in [-0.39, 0.29) is 24.4 Å². The Morgan fingerprint density at radius 3 is 2.68 bits per heavy atom. The van der Waals surface area contributed by atoms with Crippen LogP contribution in [0.2, 0.25) is 0 Å². The Labute approximate surface area is 139 Å². The van der Waals surface area contributed by atoms with Crippen LogP contribution in [0.4, 0.5) is 0 Å². The summed E-state index contributed by atoms with van der Waals surface area (Å²) in [6.07, 6.45) is 6.68. The monoisotopic (exact) mass is 322 g/mol. The molecule has 1 aliphatic heterocycles. The standard InChI is InChI=1S/C18H26N2O.ClH/c1-13-11-15-9-5-6-10-17(15)20(13)18(21)12-16(19)14-7-3-2-4-8-14;/h2-4,7-8,13,15-17H,5-6,9-12,19H2,1H3;1H. The van der Waals surface area contributed by atoms with Crippen LogP contribution in [0.1, 0.15) is 57.1 Å². The summed E-state index contributed by atoms with van der Waals surface area (Å²) in [6, 6.07) is 10.6. The third kappa shape index (κ3) is 3.47. The van der Waals surface area contributed by atoms with Gasteiger partial charge in [-0.15, -0.1) is 12.4 Å². The van der Waals surface area contributed by atoms with Crippen LogP contribution in [-0.4, -0.2) is 22.9 Å². The van der Waals surface area contributed by atoms with E-state index in [2.05, 4.69) is 11.8 Å². The Kier molecular flexibility index (Phi) is 5.87. The van der Waals surface area contributed by atoms with Crippen molar-refractivity contribution in [2.45, 2.75) is 63.6 Å². The normalized spacial score (nSPS) is 28.6. The smallest absolute Gasteiger partial charge is 0.224 e. The van der Waals surface area contributed by atoms with Crippen LogP contribution in [0.3, 0.4) is 0 Å². The molecule has 1 heterocycles. The second-order valence-corrected chi connectivity index (χ2v) is 6.72. The Hall–Kier alpha value is -1.06. The van der Waals surface area contributed by atoms with Crippen LogP contribution in [0.15, 0.2) is 30.3 Å². The number of amides is 1. The van der Waals surface area contributed by atoms with Gasteiger partial charge in [-0.1, -0.05) is 43.2 Å². The third-order valence-electron chi connectivity index (χ3n) is 5.26. The van der Waals surface area contributed by atoms with Gasteiger partial charge in [0.15, 0.2) is 0 Å². The number of nitrogens with two attached hydrogens (primary N) is 1. The predicted octanol–water partition coefficient (Wildman–Crippen LogP) is 3.68. The van der Waals surface area contributed by atoms with Crippen molar-refractivity contribution >= 4 is 18.3 Å². The average Bonchev–Trinajstić information content (AvgIpc) is 2.83. The summed E-state index contributed by atoms with van der Waals surface area (Å²) in [4.78, 5) is 14.9. The molecule has 1 aromatic carbocycles. The lowest BCUT2D eigenvalue weighted by atomic mass is 9.85. The zero-order chi connectivity index (χ0) is 14.8. The lowest BCUT2D eigenvalue weighted by molar-refractivity contribution is -0.135. The van der Waals surface area contributed by atoms with Gasteiger partial charge in [-0.05, 0) is 37.7 Å². The first kappa shape index (κ1) is 17.3. The fourth-order valence-electron chi connectivity index (χ4n) is 4.25. The summed E-state index contributed by atoms with van der Waals surface area (Å²) >= 11 is 0. The molecule has 2 fully saturated rings. The largest absolute Gasteiger partial charge is 0.337 e. The number of rotatable bonds is 3. The van der Waals surface area contributed by atoms with E-state index in [0.29, 0.717) is 18.5 Å². The minimum Gasteiger partial charge on any atom is -0.337 e. The number of benzene rings is 1. The Bertz CT molecular complexity index is 493.